The second kappa shape index (κ2) is 7.88. The Bertz CT molecular complexity index is 1170. The van der Waals surface area contributed by atoms with Crippen LogP contribution in [0.2, 0.25) is 0 Å². The van der Waals surface area contributed by atoms with Gasteiger partial charge in [0.25, 0.3) is 5.91 Å². The number of aliphatic hydroxyl groups is 1. The molecule has 6 nitrogen and oxygen atoms in total. The highest BCUT2D eigenvalue weighted by molar-refractivity contribution is 5.90. The van der Waals surface area contributed by atoms with Gasteiger partial charge in [0.05, 0.1) is 18.4 Å². The number of hydrogen-bond acceptors (Lipinski definition) is 5. The summed E-state index contributed by atoms with van der Waals surface area (Å²) in [6, 6.07) is 7.16. The molecule has 3 N–H and O–H groups in total. The summed E-state index contributed by atoms with van der Waals surface area (Å²) < 4.78 is 37.9. The molecule has 1 fully saturated rings. The van der Waals surface area contributed by atoms with Gasteiger partial charge in [0, 0.05) is 47.7 Å². The second-order valence-electron chi connectivity index (χ2n) is 7.95. The van der Waals surface area contributed by atoms with Crippen molar-refractivity contribution in [2.45, 2.75) is 31.7 Å². The monoisotopic (exact) mass is 442 g/mol. The fourth-order valence-electron chi connectivity index (χ4n) is 3.89. The summed E-state index contributed by atoms with van der Waals surface area (Å²) >= 11 is 0. The van der Waals surface area contributed by atoms with Gasteiger partial charge in [0.2, 0.25) is 5.60 Å². The van der Waals surface area contributed by atoms with E-state index in [1.54, 1.807) is 30.6 Å². The predicted octanol–water partition coefficient (Wildman–Crippen LogP) is 2.92. The van der Waals surface area contributed by atoms with Crippen LogP contribution in [0, 0.1) is 11.8 Å². The van der Waals surface area contributed by atoms with Crippen LogP contribution in [0.4, 0.5) is 24.5 Å². The molecule has 0 bridgehead atoms. The molecular weight excluding hydrogens is 421 g/mol. The summed E-state index contributed by atoms with van der Waals surface area (Å²) in [4.78, 5) is 19.0. The van der Waals surface area contributed by atoms with E-state index in [0.29, 0.717) is 22.7 Å². The number of nitrogens with two attached hydrogens (primary N) is 1. The van der Waals surface area contributed by atoms with Crippen molar-refractivity contribution in [2.24, 2.45) is 0 Å². The molecule has 2 aliphatic rings. The van der Waals surface area contributed by atoms with Crippen molar-refractivity contribution in [2.75, 3.05) is 23.7 Å². The maximum absolute atomic E-state index is 12.6. The van der Waals surface area contributed by atoms with E-state index in [2.05, 4.69) is 16.8 Å². The quantitative estimate of drug-likeness (QED) is 0.699. The molecule has 0 unspecified atom stereocenters. The molecule has 9 heteroatoms. The molecule has 1 aromatic carbocycles. The van der Waals surface area contributed by atoms with E-state index < -0.39 is 24.2 Å². The molecule has 0 spiro atoms. The van der Waals surface area contributed by atoms with E-state index in [-0.39, 0.29) is 13.0 Å². The highest BCUT2D eigenvalue weighted by Gasteiger charge is 2.47. The van der Waals surface area contributed by atoms with Crippen LogP contribution in [0.1, 0.15) is 30.0 Å². The largest absolute Gasteiger partial charge is 0.406 e. The van der Waals surface area contributed by atoms with Crippen molar-refractivity contribution in [3.63, 3.8) is 0 Å². The Morgan fingerprint density at radius 3 is 2.84 bits per heavy atom. The Labute approximate surface area is 183 Å². The minimum Gasteiger partial charge on any atom is -0.397 e. The molecule has 1 aromatic heterocycles. The standard InChI is InChI=1S/C23H21F3N4O2/c1-15-12-30(13-19-18(15)10-28-11-20(19)27)17-4-2-3-16(9-17)5-6-22(32)7-8-29(21(22)31)14-23(24,25)26/h2-4,9-12,32H,7-8,13-14,27H2,1H3/t22-/m0/s1. The van der Waals surface area contributed by atoms with Crippen molar-refractivity contribution in [1.29, 1.82) is 0 Å². The first-order valence-corrected chi connectivity index (χ1v) is 9.95. The molecule has 4 rings (SSSR count). The molecule has 32 heavy (non-hydrogen) atoms. The number of alkyl halides is 3. The Kier molecular flexibility index (Phi) is 5.34. The summed E-state index contributed by atoms with van der Waals surface area (Å²) in [6.07, 6.45) is 0.656. The lowest BCUT2D eigenvalue weighted by molar-refractivity contribution is -0.162. The fraction of sp³-hybridized carbons (Fsp3) is 0.304. The maximum Gasteiger partial charge on any atom is 0.406 e. The van der Waals surface area contributed by atoms with Crippen molar-refractivity contribution in [3.8, 4) is 11.8 Å². The number of halogens is 3. The normalized spacial score (nSPS) is 20.5. The highest BCUT2D eigenvalue weighted by Crippen LogP contribution is 2.32. The number of likely N-dealkylation sites (tertiary alicyclic amines) is 1. The van der Waals surface area contributed by atoms with Gasteiger partial charge in [0.15, 0.2) is 0 Å². The first kappa shape index (κ1) is 21.7. The number of aromatic nitrogens is 1. The van der Waals surface area contributed by atoms with Gasteiger partial charge in [-0.15, -0.1) is 0 Å². The first-order valence-electron chi connectivity index (χ1n) is 9.95. The van der Waals surface area contributed by atoms with Gasteiger partial charge in [-0.25, -0.2) is 0 Å². The number of hydrogen-bond donors (Lipinski definition) is 2. The highest BCUT2D eigenvalue weighted by atomic mass is 19.4. The maximum atomic E-state index is 12.6. The number of benzene rings is 1. The van der Waals surface area contributed by atoms with Gasteiger partial charge < -0.3 is 20.6 Å². The average Bonchev–Trinajstić information content (AvgIpc) is 3.01. The first-order chi connectivity index (χ1) is 15.1. The minimum absolute atomic E-state index is 0.174. The van der Waals surface area contributed by atoms with Crippen molar-refractivity contribution in [1.82, 2.24) is 9.88 Å². The van der Waals surface area contributed by atoms with Crippen LogP contribution < -0.4 is 10.6 Å². The van der Waals surface area contributed by atoms with Gasteiger partial charge in [-0.2, -0.15) is 13.2 Å². The topological polar surface area (TPSA) is 82.7 Å². The fourth-order valence-corrected chi connectivity index (χ4v) is 3.89. The Hall–Kier alpha value is -3.51. The Balaban J connectivity index is 1.56. The van der Waals surface area contributed by atoms with Crippen molar-refractivity contribution < 1.29 is 23.1 Å². The van der Waals surface area contributed by atoms with E-state index in [0.717, 1.165) is 22.4 Å². The molecule has 166 valence electrons. The molecule has 1 saturated heterocycles. The summed E-state index contributed by atoms with van der Waals surface area (Å²) in [5.41, 5.74) is 8.87. The molecular formula is C23H21F3N4O2. The van der Waals surface area contributed by atoms with Crippen LogP contribution in [0.25, 0.3) is 5.57 Å². The third kappa shape index (κ3) is 4.27. The number of pyridine rings is 1. The summed E-state index contributed by atoms with van der Waals surface area (Å²) in [5, 5.41) is 10.5. The van der Waals surface area contributed by atoms with E-state index in [4.69, 9.17) is 5.73 Å². The van der Waals surface area contributed by atoms with Crippen LogP contribution >= 0.6 is 0 Å². The predicted molar refractivity (Wildman–Crippen MR) is 114 cm³/mol. The summed E-state index contributed by atoms with van der Waals surface area (Å²) in [5.74, 6) is 4.22. The zero-order chi connectivity index (χ0) is 23.1. The molecule has 2 aromatic rings. The van der Waals surface area contributed by atoms with Crippen LogP contribution in [0.3, 0.4) is 0 Å². The number of rotatable bonds is 2. The van der Waals surface area contributed by atoms with Gasteiger partial charge in [-0.05, 0) is 30.7 Å². The zero-order valence-corrected chi connectivity index (χ0v) is 17.3. The number of nitrogen functional groups attached to an aromatic ring is 1. The number of anilines is 2. The van der Waals surface area contributed by atoms with Crippen LogP contribution in [0.15, 0.2) is 42.9 Å². The van der Waals surface area contributed by atoms with E-state index in [9.17, 15) is 23.1 Å². The summed E-state index contributed by atoms with van der Waals surface area (Å²) in [7, 11) is 0. The third-order valence-corrected chi connectivity index (χ3v) is 5.54. The van der Waals surface area contributed by atoms with Gasteiger partial charge in [-0.3, -0.25) is 9.78 Å². The molecule has 0 aliphatic carbocycles. The van der Waals surface area contributed by atoms with Crippen LogP contribution in [-0.2, 0) is 11.3 Å². The molecule has 2 aliphatic heterocycles. The van der Waals surface area contributed by atoms with Crippen LogP contribution in [-0.4, -0.2) is 45.8 Å². The van der Waals surface area contributed by atoms with Gasteiger partial charge in [-0.1, -0.05) is 17.9 Å². The van der Waals surface area contributed by atoms with Crippen molar-refractivity contribution >= 4 is 22.9 Å². The van der Waals surface area contributed by atoms with E-state index in [1.165, 1.54) is 0 Å². The lowest BCUT2D eigenvalue weighted by Crippen LogP contribution is -2.42. The minimum atomic E-state index is -4.53. The van der Waals surface area contributed by atoms with E-state index >= 15 is 0 Å². The van der Waals surface area contributed by atoms with Crippen molar-refractivity contribution in [3.05, 3.63) is 59.5 Å². The number of carbonyl (C=O) groups excluding carboxylic acids is 1. The molecule has 0 radical (unpaired) electrons. The lowest BCUT2D eigenvalue weighted by atomic mass is 9.98. The van der Waals surface area contributed by atoms with Gasteiger partial charge in [0.1, 0.15) is 6.54 Å². The smallest absolute Gasteiger partial charge is 0.397 e. The number of allylic oxidation sites excluding steroid dienone is 1. The van der Waals surface area contributed by atoms with Crippen LogP contribution in [0.5, 0.6) is 0 Å². The summed E-state index contributed by atoms with van der Waals surface area (Å²) in [6.45, 7) is 0.902. The SMILES string of the molecule is CC1=CN(c2cccc(C#C[C@]3(O)CCN(CC(F)(F)F)C3=O)c2)Cc2c(N)cncc21. The Morgan fingerprint density at radius 2 is 2.09 bits per heavy atom. The molecule has 0 saturated carbocycles. The van der Waals surface area contributed by atoms with E-state index in [1.807, 2.05) is 24.1 Å². The molecule has 1 atom stereocenters. The number of amides is 1. The average molecular weight is 442 g/mol. The number of carbonyl (C=O) groups is 1. The number of fused-ring (bicyclic) bond motifs is 1. The second-order valence-corrected chi connectivity index (χ2v) is 7.95. The van der Waals surface area contributed by atoms with Gasteiger partial charge >= 0.3 is 6.18 Å². The lowest BCUT2D eigenvalue weighted by Gasteiger charge is -2.28. The Morgan fingerprint density at radius 1 is 1.31 bits per heavy atom. The third-order valence-electron chi connectivity index (χ3n) is 5.54. The zero-order valence-electron chi connectivity index (χ0n) is 17.3. The molecule has 3 heterocycles. The molecule has 1 amide bonds. The number of nitrogens with zero attached hydrogens (tertiary/aromatic N) is 3.